The van der Waals surface area contributed by atoms with Gasteiger partial charge in [-0.1, -0.05) is 48.2 Å². The molecule has 2 heterocycles. The molecular weight excluding hydrogens is 346 g/mol. The molecule has 1 aromatic heterocycles. The highest BCUT2D eigenvalue weighted by Gasteiger charge is 2.23. The molecule has 0 aliphatic carbocycles. The summed E-state index contributed by atoms with van der Waals surface area (Å²) in [6.07, 6.45) is 0. The Morgan fingerprint density at radius 1 is 1.23 bits per heavy atom. The summed E-state index contributed by atoms with van der Waals surface area (Å²) in [4.78, 5) is 17.3. The van der Waals surface area contributed by atoms with Crippen molar-refractivity contribution in [1.82, 2.24) is 14.9 Å². The number of aromatic nitrogens is 2. The SMILES string of the molecule is COc1cccc(C(=O)NCc2c(-c3ccccc3)nc3n2CCS3)c1. The number of thioether (sulfide) groups is 1. The van der Waals surface area contributed by atoms with E-state index < -0.39 is 0 Å². The van der Waals surface area contributed by atoms with Crippen molar-refractivity contribution in [2.75, 3.05) is 12.9 Å². The molecular formula is C20H19N3O2S. The van der Waals surface area contributed by atoms with Gasteiger partial charge in [0.1, 0.15) is 5.75 Å². The molecule has 1 amide bonds. The summed E-state index contributed by atoms with van der Waals surface area (Å²) in [7, 11) is 1.59. The van der Waals surface area contributed by atoms with Crippen LogP contribution in [0.25, 0.3) is 11.3 Å². The topological polar surface area (TPSA) is 56.1 Å². The van der Waals surface area contributed by atoms with Crippen molar-refractivity contribution >= 4 is 17.7 Å². The van der Waals surface area contributed by atoms with Crippen molar-refractivity contribution in [1.29, 1.82) is 0 Å². The molecule has 1 aliphatic heterocycles. The minimum absolute atomic E-state index is 0.121. The van der Waals surface area contributed by atoms with E-state index in [0.717, 1.165) is 34.4 Å². The van der Waals surface area contributed by atoms with Crippen LogP contribution in [0.4, 0.5) is 0 Å². The summed E-state index contributed by atoms with van der Waals surface area (Å²) in [5, 5.41) is 4.05. The van der Waals surface area contributed by atoms with Gasteiger partial charge in [-0.05, 0) is 18.2 Å². The first-order valence-electron chi connectivity index (χ1n) is 8.46. The Hall–Kier alpha value is -2.73. The van der Waals surface area contributed by atoms with Crippen LogP contribution in [0, 0.1) is 0 Å². The minimum atomic E-state index is -0.121. The molecule has 3 aromatic rings. The number of benzene rings is 2. The van der Waals surface area contributed by atoms with E-state index in [4.69, 9.17) is 9.72 Å². The fourth-order valence-electron chi connectivity index (χ4n) is 3.07. The average molecular weight is 365 g/mol. The second kappa shape index (κ2) is 7.25. The molecule has 1 aliphatic rings. The largest absolute Gasteiger partial charge is 0.497 e. The zero-order valence-corrected chi connectivity index (χ0v) is 15.3. The highest BCUT2D eigenvalue weighted by Crippen LogP contribution is 2.33. The first-order valence-corrected chi connectivity index (χ1v) is 9.44. The highest BCUT2D eigenvalue weighted by molar-refractivity contribution is 7.99. The van der Waals surface area contributed by atoms with Gasteiger partial charge < -0.3 is 14.6 Å². The maximum Gasteiger partial charge on any atom is 0.251 e. The van der Waals surface area contributed by atoms with Gasteiger partial charge in [-0.25, -0.2) is 4.98 Å². The molecule has 1 N–H and O–H groups in total. The van der Waals surface area contributed by atoms with Gasteiger partial charge in [0.15, 0.2) is 5.16 Å². The smallest absolute Gasteiger partial charge is 0.251 e. The normalized spacial score (nSPS) is 12.7. The number of hydrogen-bond acceptors (Lipinski definition) is 4. The van der Waals surface area contributed by atoms with Crippen LogP contribution in [-0.4, -0.2) is 28.3 Å². The van der Waals surface area contributed by atoms with Gasteiger partial charge in [0, 0.05) is 23.4 Å². The van der Waals surface area contributed by atoms with E-state index in [9.17, 15) is 4.79 Å². The van der Waals surface area contributed by atoms with Crippen molar-refractivity contribution < 1.29 is 9.53 Å². The fraction of sp³-hybridized carbons (Fsp3) is 0.200. The lowest BCUT2D eigenvalue weighted by Gasteiger charge is -2.10. The molecule has 2 aromatic carbocycles. The molecule has 0 fully saturated rings. The third-order valence-corrected chi connectivity index (χ3v) is 5.34. The number of ether oxygens (including phenoxy) is 1. The molecule has 0 saturated carbocycles. The Balaban J connectivity index is 1.59. The van der Waals surface area contributed by atoms with E-state index >= 15 is 0 Å². The molecule has 132 valence electrons. The van der Waals surface area contributed by atoms with Crippen LogP contribution in [0.5, 0.6) is 5.75 Å². The number of nitrogens with one attached hydrogen (secondary N) is 1. The Bertz CT molecular complexity index is 937. The lowest BCUT2D eigenvalue weighted by molar-refractivity contribution is 0.0949. The molecule has 26 heavy (non-hydrogen) atoms. The number of fused-ring (bicyclic) bond motifs is 1. The Morgan fingerprint density at radius 3 is 2.88 bits per heavy atom. The van der Waals surface area contributed by atoms with Crippen molar-refractivity contribution in [3.8, 4) is 17.0 Å². The van der Waals surface area contributed by atoms with E-state index in [1.54, 1.807) is 31.0 Å². The van der Waals surface area contributed by atoms with E-state index in [2.05, 4.69) is 22.0 Å². The number of carbonyl (C=O) groups is 1. The first kappa shape index (κ1) is 16.7. The number of methoxy groups -OCH3 is 1. The third-order valence-electron chi connectivity index (χ3n) is 4.38. The predicted molar refractivity (Wildman–Crippen MR) is 103 cm³/mol. The van der Waals surface area contributed by atoms with E-state index in [1.165, 1.54) is 0 Å². The van der Waals surface area contributed by atoms with Gasteiger partial charge >= 0.3 is 0 Å². The summed E-state index contributed by atoms with van der Waals surface area (Å²) >= 11 is 1.76. The Labute approximate surface area is 156 Å². The highest BCUT2D eigenvalue weighted by atomic mass is 32.2. The maximum absolute atomic E-state index is 12.6. The first-order chi connectivity index (χ1) is 12.8. The van der Waals surface area contributed by atoms with E-state index in [1.807, 2.05) is 30.3 Å². The van der Waals surface area contributed by atoms with Gasteiger partial charge in [0.25, 0.3) is 5.91 Å². The van der Waals surface area contributed by atoms with Crippen LogP contribution in [0.1, 0.15) is 16.1 Å². The second-order valence-electron chi connectivity index (χ2n) is 5.97. The quantitative estimate of drug-likeness (QED) is 0.751. The van der Waals surface area contributed by atoms with Gasteiger partial charge in [-0.3, -0.25) is 4.79 Å². The van der Waals surface area contributed by atoms with E-state index in [0.29, 0.717) is 17.9 Å². The Morgan fingerprint density at radius 2 is 2.08 bits per heavy atom. The lowest BCUT2D eigenvalue weighted by Crippen LogP contribution is -2.24. The monoisotopic (exact) mass is 365 g/mol. The molecule has 0 bridgehead atoms. The summed E-state index contributed by atoms with van der Waals surface area (Å²) < 4.78 is 7.40. The molecule has 0 saturated heterocycles. The van der Waals surface area contributed by atoms with Crippen LogP contribution in [0.2, 0.25) is 0 Å². The molecule has 0 unspecified atom stereocenters. The number of hydrogen-bond donors (Lipinski definition) is 1. The number of nitrogens with zero attached hydrogens (tertiary/aromatic N) is 2. The Kier molecular flexibility index (Phi) is 4.67. The van der Waals surface area contributed by atoms with E-state index in [-0.39, 0.29) is 5.91 Å². The van der Waals surface area contributed by atoms with Crippen molar-refractivity contribution in [3.05, 3.63) is 65.9 Å². The summed E-state index contributed by atoms with van der Waals surface area (Å²) in [6.45, 7) is 1.36. The number of imidazole rings is 1. The maximum atomic E-state index is 12.6. The minimum Gasteiger partial charge on any atom is -0.497 e. The van der Waals surface area contributed by atoms with Gasteiger partial charge in [-0.15, -0.1) is 0 Å². The molecule has 6 heteroatoms. The van der Waals surface area contributed by atoms with Gasteiger partial charge in [-0.2, -0.15) is 0 Å². The van der Waals surface area contributed by atoms with Gasteiger partial charge in [0.2, 0.25) is 0 Å². The molecule has 0 radical (unpaired) electrons. The van der Waals surface area contributed by atoms with Crippen LogP contribution in [-0.2, 0) is 13.1 Å². The molecule has 5 nitrogen and oxygen atoms in total. The number of rotatable bonds is 5. The summed E-state index contributed by atoms with van der Waals surface area (Å²) in [5.41, 5.74) is 3.65. The van der Waals surface area contributed by atoms with Crippen molar-refractivity contribution in [2.45, 2.75) is 18.2 Å². The standard InChI is InChI=1S/C20H19N3O2S/c1-25-16-9-5-8-15(12-16)19(24)21-13-17-18(14-6-3-2-4-7-14)22-20-23(17)10-11-26-20/h2-9,12H,10-11,13H2,1H3,(H,21,24). The summed E-state index contributed by atoms with van der Waals surface area (Å²) in [6, 6.07) is 17.3. The van der Waals surface area contributed by atoms with Gasteiger partial charge in [0.05, 0.1) is 25.0 Å². The van der Waals surface area contributed by atoms with Crippen LogP contribution < -0.4 is 10.1 Å². The molecule has 4 rings (SSSR count). The lowest BCUT2D eigenvalue weighted by atomic mass is 10.1. The number of amides is 1. The molecule has 0 spiro atoms. The van der Waals surface area contributed by atoms with Crippen LogP contribution >= 0.6 is 11.8 Å². The van der Waals surface area contributed by atoms with Crippen LogP contribution in [0.3, 0.4) is 0 Å². The number of carbonyl (C=O) groups excluding carboxylic acids is 1. The average Bonchev–Trinajstić information content (AvgIpc) is 3.28. The predicted octanol–water partition coefficient (Wildman–Crippen LogP) is 3.59. The zero-order valence-electron chi connectivity index (χ0n) is 14.4. The van der Waals surface area contributed by atoms with Crippen molar-refractivity contribution in [3.63, 3.8) is 0 Å². The van der Waals surface area contributed by atoms with Crippen molar-refractivity contribution in [2.24, 2.45) is 0 Å². The summed E-state index contributed by atoms with van der Waals surface area (Å²) in [5.74, 6) is 1.57. The third kappa shape index (κ3) is 3.20. The second-order valence-corrected chi connectivity index (χ2v) is 7.03. The fourth-order valence-corrected chi connectivity index (χ4v) is 4.04. The molecule has 0 atom stereocenters. The zero-order chi connectivity index (χ0) is 17.9. The van der Waals surface area contributed by atoms with Crippen LogP contribution in [0.15, 0.2) is 59.8 Å².